The molecule has 0 aromatic heterocycles. The van der Waals surface area contributed by atoms with Crippen molar-refractivity contribution in [1.82, 2.24) is 10.2 Å². The second kappa shape index (κ2) is 10.7. The monoisotopic (exact) mass is 456 g/mol. The van der Waals surface area contributed by atoms with Crippen molar-refractivity contribution in [2.75, 3.05) is 13.7 Å². The van der Waals surface area contributed by atoms with Crippen molar-refractivity contribution in [2.45, 2.75) is 32.9 Å². The average Bonchev–Trinajstić information content (AvgIpc) is 2.70. The first-order valence-electron chi connectivity index (χ1n) is 9.10. The molecule has 0 bridgehead atoms. The zero-order valence-electron chi connectivity index (χ0n) is 16.5. The molecule has 0 aliphatic carbocycles. The van der Waals surface area contributed by atoms with Gasteiger partial charge in [0, 0.05) is 18.6 Å². The second-order valence-electron chi connectivity index (χ2n) is 6.51. The number of ether oxygens (including phenoxy) is 1. The highest BCUT2D eigenvalue weighted by Gasteiger charge is 2.28. The Morgan fingerprint density at radius 3 is 2.34 bits per heavy atom. The van der Waals surface area contributed by atoms with E-state index in [0.29, 0.717) is 27.2 Å². The number of nitrogens with one attached hydrogen (secondary N) is 1. The number of carbonyl (C=O) groups excluding carboxylic acids is 2. The van der Waals surface area contributed by atoms with Crippen LogP contribution in [0.15, 0.2) is 36.4 Å². The molecular weight excluding hydrogens is 435 g/mol. The van der Waals surface area contributed by atoms with Gasteiger partial charge in [-0.05, 0) is 54.8 Å². The van der Waals surface area contributed by atoms with Crippen LogP contribution in [0.2, 0.25) is 15.1 Å². The minimum absolute atomic E-state index is 0.199. The summed E-state index contributed by atoms with van der Waals surface area (Å²) < 4.78 is 5.64. The number of hydrogen-bond acceptors (Lipinski definition) is 3. The molecule has 2 rings (SSSR count). The van der Waals surface area contributed by atoms with Crippen molar-refractivity contribution in [3.63, 3.8) is 0 Å². The maximum absolute atomic E-state index is 13.0. The topological polar surface area (TPSA) is 58.6 Å². The fraction of sp³-hybridized carbons (Fsp3) is 0.333. The van der Waals surface area contributed by atoms with E-state index in [1.807, 2.05) is 13.8 Å². The van der Waals surface area contributed by atoms with Crippen molar-refractivity contribution in [3.8, 4) is 5.75 Å². The lowest BCUT2D eigenvalue weighted by Crippen LogP contribution is -2.49. The Morgan fingerprint density at radius 1 is 1.07 bits per heavy atom. The van der Waals surface area contributed by atoms with E-state index in [-0.39, 0.29) is 25.0 Å². The Labute approximate surface area is 185 Å². The molecule has 0 saturated heterocycles. The largest absolute Gasteiger partial charge is 0.484 e. The fourth-order valence-corrected chi connectivity index (χ4v) is 3.29. The van der Waals surface area contributed by atoms with Gasteiger partial charge in [-0.15, -0.1) is 0 Å². The lowest BCUT2D eigenvalue weighted by atomic mass is 10.1. The van der Waals surface area contributed by atoms with E-state index < -0.39 is 6.04 Å². The number of amides is 2. The highest BCUT2D eigenvalue weighted by molar-refractivity contribution is 6.42. The van der Waals surface area contributed by atoms with Gasteiger partial charge in [-0.2, -0.15) is 0 Å². The Morgan fingerprint density at radius 2 is 1.76 bits per heavy atom. The lowest BCUT2D eigenvalue weighted by molar-refractivity contribution is -0.142. The first kappa shape index (κ1) is 23.3. The molecule has 5 nitrogen and oxygen atoms in total. The maximum Gasteiger partial charge on any atom is 0.261 e. The first-order chi connectivity index (χ1) is 13.8. The van der Waals surface area contributed by atoms with Gasteiger partial charge < -0.3 is 15.0 Å². The summed E-state index contributed by atoms with van der Waals surface area (Å²) in [6, 6.07) is 9.65. The third kappa shape index (κ3) is 6.26. The van der Waals surface area contributed by atoms with E-state index >= 15 is 0 Å². The number of aryl methyl sites for hydroxylation is 1. The quantitative estimate of drug-likeness (QED) is 0.614. The van der Waals surface area contributed by atoms with Crippen molar-refractivity contribution in [3.05, 3.63) is 62.6 Å². The number of halogens is 3. The van der Waals surface area contributed by atoms with Crippen LogP contribution in [0.5, 0.6) is 5.75 Å². The molecular formula is C21H23Cl3N2O3. The standard InChI is InChI=1S/C21H23Cl3N2O3/c1-4-19(21(28)25-3)26(11-14-5-7-17(23)18(24)10-14)20(27)12-29-15-6-8-16(22)13(2)9-15/h5-10,19H,4,11-12H2,1-3H3,(H,25,28)/t19-/m0/s1. The van der Waals surface area contributed by atoms with Crippen LogP contribution in [0, 0.1) is 6.92 Å². The van der Waals surface area contributed by atoms with Gasteiger partial charge in [0.2, 0.25) is 5.91 Å². The van der Waals surface area contributed by atoms with E-state index in [9.17, 15) is 9.59 Å². The highest BCUT2D eigenvalue weighted by atomic mass is 35.5. The maximum atomic E-state index is 13.0. The predicted molar refractivity (Wildman–Crippen MR) is 117 cm³/mol. The number of nitrogens with zero attached hydrogens (tertiary/aromatic N) is 1. The summed E-state index contributed by atoms with van der Waals surface area (Å²) >= 11 is 18.1. The molecule has 0 heterocycles. The van der Waals surface area contributed by atoms with Gasteiger partial charge in [-0.3, -0.25) is 9.59 Å². The molecule has 29 heavy (non-hydrogen) atoms. The Bertz CT molecular complexity index is 889. The van der Waals surface area contributed by atoms with E-state index in [4.69, 9.17) is 39.5 Å². The second-order valence-corrected chi connectivity index (χ2v) is 7.73. The van der Waals surface area contributed by atoms with E-state index in [1.165, 1.54) is 4.90 Å². The average molecular weight is 458 g/mol. The molecule has 0 fully saturated rings. The molecule has 0 saturated carbocycles. The van der Waals surface area contributed by atoms with Gasteiger partial charge in [0.1, 0.15) is 11.8 Å². The molecule has 8 heteroatoms. The molecule has 2 aromatic rings. The van der Waals surface area contributed by atoms with Gasteiger partial charge in [0.05, 0.1) is 10.0 Å². The van der Waals surface area contributed by atoms with Gasteiger partial charge in [0.15, 0.2) is 6.61 Å². The summed E-state index contributed by atoms with van der Waals surface area (Å²) in [5.41, 5.74) is 1.61. The summed E-state index contributed by atoms with van der Waals surface area (Å²) in [5, 5.41) is 4.04. The number of carbonyl (C=O) groups is 2. The minimum atomic E-state index is -0.641. The van der Waals surface area contributed by atoms with Crippen LogP contribution in [0.3, 0.4) is 0 Å². The van der Waals surface area contributed by atoms with Crippen molar-refractivity contribution in [1.29, 1.82) is 0 Å². The lowest BCUT2D eigenvalue weighted by Gasteiger charge is -2.30. The smallest absolute Gasteiger partial charge is 0.261 e. The van der Waals surface area contributed by atoms with Gasteiger partial charge in [-0.1, -0.05) is 47.8 Å². The van der Waals surface area contributed by atoms with Crippen LogP contribution in [-0.2, 0) is 16.1 Å². The predicted octanol–water partition coefficient (Wildman–Crippen LogP) is 4.89. The van der Waals surface area contributed by atoms with Gasteiger partial charge >= 0.3 is 0 Å². The van der Waals surface area contributed by atoms with Crippen LogP contribution in [0.1, 0.15) is 24.5 Å². The first-order valence-corrected chi connectivity index (χ1v) is 10.2. The van der Waals surface area contributed by atoms with Crippen LogP contribution in [-0.4, -0.2) is 36.4 Å². The Balaban J connectivity index is 2.22. The Hall–Kier alpha value is -1.95. The van der Waals surface area contributed by atoms with E-state index in [0.717, 1.165) is 11.1 Å². The molecule has 156 valence electrons. The fourth-order valence-electron chi connectivity index (χ4n) is 2.86. The van der Waals surface area contributed by atoms with Gasteiger partial charge in [-0.25, -0.2) is 0 Å². The van der Waals surface area contributed by atoms with Crippen LogP contribution in [0.25, 0.3) is 0 Å². The molecule has 0 aliphatic rings. The van der Waals surface area contributed by atoms with Crippen molar-refractivity contribution in [2.24, 2.45) is 0 Å². The van der Waals surface area contributed by atoms with Crippen molar-refractivity contribution >= 4 is 46.6 Å². The summed E-state index contributed by atoms with van der Waals surface area (Å²) in [6.07, 6.45) is 0.451. The van der Waals surface area contributed by atoms with Crippen LogP contribution >= 0.6 is 34.8 Å². The van der Waals surface area contributed by atoms with E-state index in [2.05, 4.69) is 5.32 Å². The minimum Gasteiger partial charge on any atom is -0.484 e. The van der Waals surface area contributed by atoms with E-state index in [1.54, 1.807) is 43.4 Å². The molecule has 1 N–H and O–H groups in total. The molecule has 2 amide bonds. The zero-order valence-corrected chi connectivity index (χ0v) is 18.7. The summed E-state index contributed by atoms with van der Waals surface area (Å²) in [4.78, 5) is 26.8. The normalized spacial score (nSPS) is 11.7. The van der Waals surface area contributed by atoms with Crippen molar-refractivity contribution < 1.29 is 14.3 Å². The van der Waals surface area contributed by atoms with Gasteiger partial charge in [0.25, 0.3) is 5.91 Å². The summed E-state index contributed by atoms with van der Waals surface area (Å²) in [5.74, 6) is -0.0369. The molecule has 0 aliphatic heterocycles. The number of rotatable bonds is 8. The zero-order chi connectivity index (χ0) is 21.6. The highest BCUT2D eigenvalue weighted by Crippen LogP contribution is 2.24. The molecule has 0 unspecified atom stereocenters. The van der Waals surface area contributed by atoms with Crippen LogP contribution in [0.4, 0.5) is 0 Å². The molecule has 1 atom stereocenters. The summed E-state index contributed by atoms with van der Waals surface area (Å²) in [6.45, 7) is 3.69. The molecule has 0 spiro atoms. The summed E-state index contributed by atoms with van der Waals surface area (Å²) in [7, 11) is 1.54. The van der Waals surface area contributed by atoms with Crippen LogP contribution < -0.4 is 10.1 Å². The number of benzene rings is 2. The SMILES string of the molecule is CC[C@@H](C(=O)NC)N(Cc1ccc(Cl)c(Cl)c1)C(=O)COc1ccc(Cl)c(C)c1. The number of likely N-dealkylation sites (N-methyl/N-ethyl adjacent to an activating group) is 1. The molecule has 2 aromatic carbocycles. The third-order valence-electron chi connectivity index (χ3n) is 4.46. The Kier molecular flexibility index (Phi) is 8.62. The third-order valence-corrected chi connectivity index (χ3v) is 5.62. The number of hydrogen-bond donors (Lipinski definition) is 1. The molecule has 0 radical (unpaired) electrons.